The summed E-state index contributed by atoms with van der Waals surface area (Å²) < 4.78 is 3.46. The number of nitrogens with one attached hydrogen (secondary N) is 2. The van der Waals surface area contributed by atoms with E-state index >= 15 is 0 Å². The summed E-state index contributed by atoms with van der Waals surface area (Å²) in [6.07, 6.45) is 5.82. The van der Waals surface area contributed by atoms with E-state index in [1.54, 1.807) is 23.2 Å². The molecule has 4 heterocycles. The lowest BCUT2D eigenvalue weighted by Crippen LogP contribution is -2.25. The monoisotopic (exact) mass is 456 g/mol. The van der Waals surface area contributed by atoms with Crippen LogP contribution in [0.1, 0.15) is 37.7 Å². The van der Waals surface area contributed by atoms with Crippen LogP contribution in [0, 0.1) is 0 Å². The Morgan fingerprint density at radius 3 is 2.82 bits per heavy atom. The van der Waals surface area contributed by atoms with E-state index < -0.39 is 0 Å². The van der Waals surface area contributed by atoms with Gasteiger partial charge in [-0.1, -0.05) is 39.0 Å². The highest BCUT2D eigenvalue weighted by Crippen LogP contribution is 2.26. The number of aromatic nitrogens is 6. The maximum Gasteiger partial charge on any atom is 0.278 e. The SMILES string of the molecule is C=CCn1c(=O)c2cnc(Nc3cnc4c(n3)CNCC4)nc2n1-c1cccc(C(C)(C)C)c1. The van der Waals surface area contributed by atoms with Gasteiger partial charge in [-0.15, -0.1) is 6.58 Å². The summed E-state index contributed by atoms with van der Waals surface area (Å²) in [6, 6.07) is 8.17. The number of allylic oxidation sites excluding steroid dienone is 1. The van der Waals surface area contributed by atoms with Gasteiger partial charge in [-0.05, 0) is 23.1 Å². The highest BCUT2D eigenvalue weighted by atomic mass is 16.1. The molecule has 0 fully saturated rings. The molecule has 3 aromatic heterocycles. The molecule has 0 spiro atoms. The lowest BCUT2D eigenvalue weighted by molar-refractivity contribution is 0.582. The van der Waals surface area contributed by atoms with E-state index in [9.17, 15) is 4.79 Å². The third kappa shape index (κ3) is 3.99. The number of hydrogen-bond donors (Lipinski definition) is 2. The molecule has 0 aliphatic carbocycles. The Kier molecular flexibility index (Phi) is 5.49. The minimum absolute atomic E-state index is 0.0375. The topological polar surface area (TPSA) is 103 Å². The average molecular weight is 457 g/mol. The Balaban J connectivity index is 1.62. The zero-order valence-corrected chi connectivity index (χ0v) is 19.7. The van der Waals surface area contributed by atoms with Gasteiger partial charge in [0.25, 0.3) is 5.56 Å². The second-order valence-electron chi connectivity index (χ2n) is 9.42. The van der Waals surface area contributed by atoms with E-state index in [-0.39, 0.29) is 11.0 Å². The Bertz CT molecular complexity index is 1440. The molecule has 2 N–H and O–H groups in total. The van der Waals surface area contributed by atoms with Gasteiger partial charge in [0, 0.05) is 25.7 Å². The van der Waals surface area contributed by atoms with Gasteiger partial charge in [0.05, 0.1) is 29.8 Å². The van der Waals surface area contributed by atoms with Crippen LogP contribution in [0.15, 0.2) is 54.1 Å². The van der Waals surface area contributed by atoms with Crippen LogP contribution in [0.25, 0.3) is 16.7 Å². The normalized spacial score (nSPS) is 13.6. The fourth-order valence-electron chi connectivity index (χ4n) is 4.13. The summed E-state index contributed by atoms with van der Waals surface area (Å²) in [7, 11) is 0. The van der Waals surface area contributed by atoms with Crippen molar-refractivity contribution in [1.82, 2.24) is 34.6 Å². The number of anilines is 2. The van der Waals surface area contributed by atoms with E-state index in [0.717, 1.165) is 35.6 Å². The molecule has 0 radical (unpaired) electrons. The molecule has 0 saturated heterocycles. The first-order valence-corrected chi connectivity index (χ1v) is 11.4. The number of benzene rings is 1. The third-order valence-electron chi connectivity index (χ3n) is 5.94. The predicted octanol–water partition coefficient (Wildman–Crippen LogP) is 3.25. The zero-order valence-electron chi connectivity index (χ0n) is 19.7. The molecule has 5 rings (SSSR count). The quantitative estimate of drug-likeness (QED) is 0.445. The van der Waals surface area contributed by atoms with Crippen LogP contribution in [0.3, 0.4) is 0 Å². The second kappa shape index (κ2) is 8.49. The average Bonchev–Trinajstić information content (AvgIpc) is 3.10. The van der Waals surface area contributed by atoms with Gasteiger partial charge in [0.15, 0.2) is 11.5 Å². The summed E-state index contributed by atoms with van der Waals surface area (Å²) in [5.74, 6) is 0.915. The minimum Gasteiger partial charge on any atom is -0.311 e. The van der Waals surface area contributed by atoms with Crippen molar-refractivity contribution >= 4 is 22.8 Å². The van der Waals surface area contributed by atoms with Crippen molar-refractivity contribution in [2.75, 3.05) is 11.9 Å². The molecule has 0 saturated carbocycles. The molecule has 0 atom stereocenters. The Labute approximate surface area is 197 Å². The van der Waals surface area contributed by atoms with Crippen molar-refractivity contribution in [2.45, 2.75) is 45.7 Å². The van der Waals surface area contributed by atoms with Crippen molar-refractivity contribution in [1.29, 1.82) is 0 Å². The van der Waals surface area contributed by atoms with Crippen LogP contribution in [0.5, 0.6) is 0 Å². The molecular formula is C25H28N8O. The lowest BCUT2D eigenvalue weighted by Gasteiger charge is -2.20. The van der Waals surface area contributed by atoms with Crippen molar-refractivity contribution < 1.29 is 0 Å². The Morgan fingerprint density at radius 2 is 2.03 bits per heavy atom. The highest BCUT2D eigenvalue weighted by Gasteiger charge is 2.20. The first-order valence-electron chi connectivity index (χ1n) is 11.4. The molecular weight excluding hydrogens is 428 g/mol. The van der Waals surface area contributed by atoms with Crippen molar-refractivity contribution in [3.63, 3.8) is 0 Å². The predicted molar refractivity (Wildman–Crippen MR) is 133 cm³/mol. The van der Waals surface area contributed by atoms with E-state index in [0.29, 0.717) is 35.9 Å². The standard InChI is InChI=1S/C25H28N8O/c1-5-11-32-23(34)18-13-28-24(30-21-15-27-19-9-10-26-14-20(19)29-21)31-22(18)33(32)17-8-6-7-16(12-17)25(2,3)4/h5-8,12-13,15,26H,1,9-11,14H2,2-4H3,(H,28,29,30,31). The number of rotatable bonds is 5. The molecule has 9 heteroatoms. The van der Waals surface area contributed by atoms with Crippen LogP contribution in [0.4, 0.5) is 11.8 Å². The molecule has 0 bridgehead atoms. The van der Waals surface area contributed by atoms with Crippen molar-refractivity contribution in [2.24, 2.45) is 0 Å². The minimum atomic E-state index is -0.165. The van der Waals surface area contributed by atoms with Crippen molar-refractivity contribution in [3.8, 4) is 5.69 Å². The zero-order chi connectivity index (χ0) is 23.9. The first kappa shape index (κ1) is 22.0. The third-order valence-corrected chi connectivity index (χ3v) is 5.94. The molecule has 0 amide bonds. The van der Waals surface area contributed by atoms with Gasteiger partial charge >= 0.3 is 0 Å². The van der Waals surface area contributed by atoms with E-state index in [1.807, 2.05) is 16.8 Å². The van der Waals surface area contributed by atoms with Gasteiger partial charge in [0.2, 0.25) is 5.95 Å². The molecule has 9 nitrogen and oxygen atoms in total. The molecule has 1 aliphatic heterocycles. The van der Waals surface area contributed by atoms with E-state index in [4.69, 9.17) is 4.98 Å². The van der Waals surface area contributed by atoms with Gasteiger partial charge in [-0.25, -0.2) is 19.3 Å². The van der Waals surface area contributed by atoms with Gasteiger partial charge < -0.3 is 10.6 Å². The summed E-state index contributed by atoms with van der Waals surface area (Å²) >= 11 is 0. The summed E-state index contributed by atoms with van der Waals surface area (Å²) in [6.45, 7) is 12.3. The smallest absolute Gasteiger partial charge is 0.278 e. The number of hydrogen-bond acceptors (Lipinski definition) is 7. The summed E-state index contributed by atoms with van der Waals surface area (Å²) in [5, 5.41) is 6.90. The molecule has 34 heavy (non-hydrogen) atoms. The first-order chi connectivity index (χ1) is 16.3. The molecule has 1 aromatic carbocycles. The fourth-order valence-corrected chi connectivity index (χ4v) is 4.13. The van der Waals surface area contributed by atoms with E-state index in [1.165, 1.54) is 0 Å². The maximum atomic E-state index is 13.2. The van der Waals surface area contributed by atoms with Crippen LogP contribution in [-0.4, -0.2) is 35.8 Å². The summed E-state index contributed by atoms with van der Waals surface area (Å²) in [4.78, 5) is 31.5. The maximum absolute atomic E-state index is 13.2. The molecule has 0 unspecified atom stereocenters. The molecule has 174 valence electrons. The fraction of sp³-hybridized carbons (Fsp3) is 0.320. The van der Waals surface area contributed by atoms with Gasteiger partial charge in [0.1, 0.15) is 5.39 Å². The number of nitrogens with zero attached hydrogens (tertiary/aromatic N) is 6. The van der Waals surface area contributed by atoms with Crippen LogP contribution in [0.2, 0.25) is 0 Å². The van der Waals surface area contributed by atoms with Crippen molar-refractivity contribution in [3.05, 3.63) is 76.6 Å². The van der Waals surface area contributed by atoms with E-state index in [2.05, 4.69) is 65.1 Å². The molecule has 4 aromatic rings. The van der Waals surface area contributed by atoms with Gasteiger partial charge in [-0.2, -0.15) is 4.98 Å². The van der Waals surface area contributed by atoms with Crippen LogP contribution >= 0.6 is 0 Å². The van der Waals surface area contributed by atoms with Gasteiger partial charge in [-0.3, -0.25) is 9.78 Å². The van der Waals surface area contributed by atoms with Crippen LogP contribution in [-0.2, 0) is 24.9 Å². The number of fused-ring (bicyclic) bond motifs is 2. The lowest BCUT2D eigenvalue weighted by atomic mass is 9.87. The largest absolute Gasteiger partial charge is 0.311 e. The summed E-state index contributed by atoms with van der Waals surface area (Å²) in [5.41, 5.74) is 4.26. The Morgan fingerprint density at radius 1 is 1.18 bits per heavy atom. The Hall–Kier alpha value is -3.85. The molecule has 1 aliphatic rings. The highest BCUT2D eigenvalue weighted by molar-refractivity contribution is 5.77. The second-order valence-corrected chi connectivity index (χ2v) is 9.42. The van der Waals surface area contributed by atoms with Crippen LogP contribution < -0.4 is 16.2 Å².